The molecule has 0 amide bonds. The van der Waals surface area contributed by atoms with Crippen molar-refractivity contribution in [3.05, 3.63) is 36.2 Å². The van der Waals surface area contributed by atoms with E-state index in [0.29, 0.717) is 23.5 Å². The predicted octanol–water partition coefficient (Wildman–Crippen LogP) is 1.97. The fourth-order valence-corrected chi connectivity index (χ4v) is 2.68. The first kappa shape index (κ1) is 16.4. The van der Waals surface area contributed by atoms with Crippen LogP contribution in [0.15, 0.2) is 30.6 Å². The van der Waals surface area contributed by atoms with Gasteiger partial charge in [-0.25, -0.2) is 0 Å². The van der Waals surface area contributed by atoms with E-state index in [4.69, 9.17) is 17.0 Å². The Kier molecular flexibility index (Phi) is 5.37. The summed E-state index contributed by atoms with van der Waals surface area (Å²) in [6.45, 7) is 2.59. The molecule has 24 heavy (non-hydrogen) atoms. The van der Waals surface area contributed by atoms with Gasteiger partial charge in [0.25, 0.3) is 0 Å². The summed E-state index contributed by atoms with van der Waals surface area (Å²) in [5.41, 5.74) is 1.05. The number of methoxy groups -OCH3 is 1. The monoisotopic (exact) mass is 344 g/mol. The molecule has 0 bridgehead atoms. The highest BCUT2D eigenvalue weighted by Gasteiger charge is 2.16. The number of ether oxygens (including phenoxy) is 1. The minimum atomic E-state index is 0.430. The Bertz CT molecular complexity index is 690. The molecule has 1 aliphatic heterocycles. The molecular formula is C16H20N6OS. The number of hydrogen-bond donors (Lipinski definition) is 2. The number of hydrogen-bond acceptors (Lipinski definition) is 6. The molecule has 126 valence electrons. The van der Waals surface area contributed by atoms with Crippen molar-refractivity contribution in [3.8, 4) is 5.88 Å². The summed E-state index contributed by atoms with van der Waals surface area (Å²) in [5, 5.41) is 6.60. The van der Waals surface area contributed by atoms with Crippen LogP contribution in [0, 0.1) is 0 Å². The molecule has 0 aliphatic carbocycles. The third-order valence-electron chi connectivity index (χ3n) is 3.73. The maximum atomic E-state index is 5.32. The van der Waals surface area contributed by atoms with E-state index in [9.17, 15) is 0 Å². The predicted molar refractivity (Wildman–Crippen MR) is 97.3 cm³/mol. The Hall–Kier alpha value is -2.48. The maximum absolute atomic E-state index is 5.32. The first-order chi connectivity index (χ1) is 11.7. The van der Waals surface area contributed by atoms with Gasteiger partial charge in [0.15, 0.2) is 5.11 Å². The molecule has 0 atom stereocenters. The van der Waals surface area contributed by atoms with Gasteiger partial charge in [-0.2, -0.15) is 9.97 Å². The van der Waals surface area contributed by atoms with Gasteiger partial charge in [-0.05, 0) is 36.7 Å². The number of thiocarbonyl (C=S) groups is 1. The fraction of sp³-hybridized carbons (Fsp3) is 0.375. The summed E-state index contributed by atoms with van der Waals surface area (Å²) >= 11 is 5.32. The Morgan fingerprint density at radius 1 is 1.33 bits per heavy atom. The summed E-state index contributed by atoms with van der Waals surface area (Å²) in [4.78, 5) is 15.1. The number of rotatable bonds is 5. The van der Waals surface area contributed by atoms with E-state index in [0.717, 1.165) is 24.5 Å². The standard InChI is InChI=1S/C16H20N6OS/c1-23-14-9-13(22-7-2-3-8-22)19-15(20-14)21-16(24)18-11-12-5-4-6-17-10-12/h4-6,9-10H,2-3,7-8,11H2,1H3,(H2,18,19,20,21,24). The van der Waals surface area contributed by atoms with E-state index in [1.54, 1.807) is 19.5 Å². The lowest BCUT2D eigenvalue weighted by molar-refractivity contribution is 0.397. The summed E-state index contributed by atoms with van der Waals surface area (Å²) in [6, 6.07) is 5.72. The van der Waals surface area contributed by atoms with Crippen LogP contribution in [-0.2, 0) is 6.54 Å². The first-order valence-electron chi connectivity index (χ1n) is 7.86. The van der Waals surface area contributed by atoms with E-state index in [1.165, 1.54) is 12.8 Å². The van der Waals surface area contributed by atoms with Crippen molar-refractivity contribution in [2.45, 2.75) is 19.4 Å². The van der Waals surface area contributed by atoms with Crippen molar-refractivity contribution >= 4 is 29.1 Å². The van der Waals surface area contributed by atoms with Crippen LogP contribution in [0.25, 0.3) is 0 Å². The van der Waals surface area contributed by atoms with E-state index >= 15 is 0 Å². The quantitative estimate of drug-likeness (QED) is 0.798. The van der Waals surface area contributed by atoms with Crippen LogP contribution in [0.4, 0.5) is 11.8 Å². The zero-order valence-corrected chi connectivity index (χ0v) is 14.3. The van der Waals surface area contributed by atoms with Gasteiger partial charge < -0.3 is 20.3 Å². The molecule has 3 rings (SSSR count). The van der Waals surface area contributed by atoms with Crippen molar-refractivity contribution in [3.63, 3.8) is 0 Å². The SMILES string of the molecule is COc1cc(N2CCCC2)nc(NC(=S)NCc2cccnc2)n1. The molecule has 1 aliphatic rings. The lowest BCUT2D eigenvalue weighted by Gasteiger charge is -2.18. The van der Waals surface area contributed by atoms with Crippen LogP contribution in [0.3, 0.4) is 0 Å². The van der Waals surface area contributed by atoms with Gasteiger partial charge >= 0.3 is 0 Å². The minimum absolute atomic E-state index is 0.430. The molecule has 0 aromatic carbocycles. The van der Waals surface area contributed by atoms with Gasteiger partial charge in [-0.15, -0.1) is 0 Å². The van der Waals surface area contributed by atoms with Crippen molar-refractivity contribution < 1.29 is 4.74 Å². The van der Waals surface area contributed by atoms with Crippen molar-refractivity contribution in [2.24, 2.45) is 0 Å². The van der Waals surface area contributed by atoms with E-state index in [2.05, 4.69) is 30.5 Å². The van der Waals surface area contributed by atoms with Crippen LogP contribution >= 0.6 is 12.2 Å². The molecule has 2 N–H and O–H groups in total. The molecule has 7 nitrogen and oxygen atoms in total. The average Bonchev–Trinajstić information content (AvgIpc) is 3.15. The van der Waals surface area contributed by atoms with Crippen LogP contribution < -0.4 is 20.3 Å². The lowest BCUT2D eigenvalue weighted by atomic mass is 10.3. The number of nitrogens with one attached hydrogen (secondary N) is 2. The molecule has 0 unspecified atom stereocenters. The molecule has 0 saturated carbocycles. The van der Waals surface area contributed by atoms with Gasteiger partial charge in [0.2, 0.25) is 11.8 Å². The summed E-state index contributed by atoms with van der Waals surface area (Å²) in [7, 11) is 1.60. The second-order valence-corrected chi connectivity index (χ2v) is 5.86. The molecule has 1 fully saturated rings. The van der Waals surface area contributed by atoms with Gasteiger partial charge in [-0.3, -0.25) is 4.98 Å². The van der Waals surface area contributed by atoms with Gasteiger partial charge in [0.1, 0.15) is 5.82 Å². The Labute approximate surface area is 146 Å². The molecule has 2 aromatic rings. The van der Waals surface area contributed by atoms with Crippen LogP contribution in [0.2, 0.25) is 0 Å². The zero-order valence-electron chi connectivity index (χ0n) is 13.5. The number of aromatic nitrogens is 3. The molecule has 8 heteroatoms. The third-order valence-corrected chi connectivity index (χ3v) is 3.98. The average molecular weight is 344 g/mol. The summed E-state index contributed by atoms with van der Waals surface area (Å²) < 4.78 is 5.28. The van der Waals surface area contributed by atoms with E-state index < -0.39 is 0 Å². The molecular weight excluding hydrogens is 324 g/mol. The highest BCUT2D eigenvalue weighted by Crippen LogP contribution is 2.23. The molecule has 3 heterocycles. The fourth-order valence-electron chi connectivity index (χ4n) is 2.51. The Balaban J connectivity index is 1.64. The second-order valence-electron chi connectivity index (χ2n) is 5.46. The normalized spacial score (nSPS) is 13.6. The smallest absolute Gasteiger partial charge is 0.234 e. The first-order valence-corrected chi connectivity index (χ1v) is 8.27. The molecule has 0 radical (unpaired) electrons. The number of nitrogens with zero attached hydrogens (tertiary/aromatic N) is 4. The number of pyridine rings is 1. The molecule has 1 saturated heterocycles. The zero-order chi connectivity index (χ0) is 16.8. The topological polar surface area (TPSA) is 75.2 Å². The van der Waals surface area contributed by atoms with Gasteiger partial charge in [0.05, 0.1) is 7.11 Å². The summed E-state index contributed by atoms with van der Waals surface area (Å²) in [5.74, 6) is 1.81. The second kappa shape index (κ2) is 7.87. The number of anilines is 2. The van der Waals surface area contributed by atoms with E-state index in [1.807, 2.05) is 18.2 Å². The van der Waals surface area contributed by atoms with Crippen LogP contribution in [0.5, 0.6) is 5.88 Å². The Morgan fingerprint density at radius 3 is 2.88 bits per heavy atom. The van der Waals surface area contributed by atoms with Crippen LogP contribution in [-0.4, -0.2) is 40.3 Å². The minimum Gasteiger partial charge on any atom is -0.481 e. The molecule has 2 aromatic heterocycles. The van der Waals surface area contributed by atoms with Gasteiger partial charge in [0, 0.05) is 38.1 Å². The highest BCUT2D eigenvalue weighted by molar-refractivity contribution is 7.80. The highest BCUT2D eigenvalue weighted by atomic mass is 32.1. The maximum Gasteiger partial charge on any atom is 0.234 e. The molecule has 0 spiro atoms. The van der Waals surface area contributed by atoms with Crippen molar-refractivity contribution in [1.29, 1.82) is 0 Å². The van der Waals surface area contributed by atoms with Gasteiger partial charge in [-0.1, -0.05) is 6.07 Å². The van der Waals surface area contributed by atoms with Crippen molar-refractivity contribution in [1.82, 2.24) is 20.3 Å². The van der Waals surface area contributed by atoms with Crippen molar-refractivity contribution in [2.75, 3.05) is 30.4 Å². The lowest BCUT2D eigenvalue weighted by Crippen LogP contribution is -2.29. The largest absolute Gasteiger partial charge is 0.481 e. The third kappa shape index (κ3) is 4.29. The Morgan fingerprint density at radius 2 is 2.17 bits per heavy atom. The van der Waals surface area contributed by atoms with E-state index in [-0.39, 0.29) is 0 Å². The van der Waals surface area contributed by atoms with Crippen LogP contribution in [0.1, 0.15) is 18.4 Å². The summed E-state index contributed by atoms with van der Waals surface area (Å²) in [6.07, 6.45) is 5.90.